The van der Waals surface area contributed by atoms with E-state index in [1.807, 2.05) is 17.0 Å². The second-order valence-electron chi connectivity index (χ2n) is 7.44. The minimum Gasteiger partial charge on any atom is -0.476 e. The number of nitrogens with zero attached hydrogens (tertiary/aromatic N) is 2. The zero-order valence-corrected chi connectivity index (χ0v) is 16.9. The third-order valence-electron chi connectivity index (χ3n) is 5.51. The molecule has 2 heterocycles. The highest BCUT2D eigenvalue weighted by molar-refractivity contribution is 6.08. The maximum absolute atomic E-state index is 13.3. The van der Waals surface area contributed by atoms with Gasteiger partial charge in [-0.05, 0) is 55.7 Å². The number of fused-ring (bicyclic) bond motifs is 1. The summed E-state index contributed by atoms with van der Waals surface area (Å²) >= 11 is 0. The first-order valence-electron chi connectivity index (χ1n) is 10.1. The molecule has 30 heavy (non-hydrogen) atoms. The zero-order chi connectivity index (χ0) is 21.1. The molecule has 0 saturated carbocycles. The van der Waals surface area contributed by atoms with Crippen LogP contribution in [0.1, 0.15) is 40.0 Å². The summed E-state index contributed by atoms with van der Waals surface area (Å²) in [5, 5.41) is 0. The van der Waals surface area contributed by atoms with E-state index in [-0.39, 0.29) is 18.4 Å². The summed E-state index contributed by atoms with van der Waals surface area (Å²) in [6, 6.07) is 13.5. The van der Waals surface area contributed by atoms with Gasteiger partial charge in [-0.25, -0.2) is 4.79 Å². The highest BCUT2D eigenvalue weighted by Gasteiger charge is 2.36. The number of hydrogen-bond acceptors (Lipinski definition) is 5. The second-order valence-corrected chi connectivity index (χ2v) is 7.44. The van der Waals surface area contributed by atoms with Gasteiger partial charge >= 0.3 is 5.97 Å². The van der Waals surface area contributed by atoms with E-state index in [2.05, 4.69) is 0 Å². The Morgan fingerprint density at radius 3 is 2.30 bits per heavy atom. The highest BCUT2D eigenvalue weighted by Crippen LogP contribution is 2.34. The van der Waals surface area contributed by atoms with Crippen molar-refractivity contribution in [2.75, 3.05) is 31.6 Å². The highest BCUT2D eigenvalue weighted by atomic mass is 16.5. The number of hydrogen-bond donors (Lipinski definition) is 0. The molecule has 0 radical (unpaired) electrons. The first-order chi connectivity index (χ1) is 14.6. The Hall–Kier alpha value is -3.35. The van der Waals surface area contributed by atoms with Gasteiger partial charge in [-0.15, -0.1) is 0 Å². The Morgan fingerprint density at radius 1 is 0.933 bits per heavy atom. The molecule has 1 saturated heterocycles. The quantitative estimate of drug-likeness (QED) is 0.730. The lowest BCUT2D eigenvalue weighted by Crippen LogP contribution is -2.52. The van der Waals surface area contributed by atoms with Crippen molar-refractivity contribution in [3.63, 3.8) is 0 Å². The monoisotopic (exact) mass is 408 g/mol. The first kappa shape index (κ1) is 19.9. The SMILES string of the molecule is COC(=O)c1ccc(C(=O)N2C[C@H](C(=O)N3CCCCC3)Oc3ccccc32)cc1. The van der Waals surface area contributed by atoms with Gasteiger partial charge in [0.15, 0.2) is 6.10 Å². The van der Waals surface area contributed by atoms with E-state index in [9.17, 15) is 14.4 Å². The molecular weight excluding hydrogens is 384 g/mol. The van der Waals surface area contributed by atoms with Gasteiger partial charge in [0, 0.05) is 18.7 Å². The largest absolute Gasteiger partial charge is 0.476 e. The molecule has 4 rings (SSSR count). The summed E-state index contributed by atoms with van der Waals surface area (Å²) in [4.78, 5) is 41.4. The van der Waals surface area contributed by atoms with Crippen LogP contribution >= 0.6 is 0 Å². The van der Waals surface area contributed by atoms with Crippen molar-refractivity contribution in [3.05, 3.63) is 59.7 Å². The van der Waals surface area contributed by atoms with Gasteiger partial charge in [0.05, 0.1) is 24.9 Å². The fraction of sp³-hybridized carbons (Fsp3) is 0.348. The molecule has 0 spiro atoms. The van der Waals surface area contributed by atoms with Crippen molar-refractivity contribution < 1.29 is 23.9 Å². The molecule has 156 valence electrons. The molecule has 2 aromatic carbocycles. The predicted molar refractivity (Wildman–Crippen MR) is 111 cm³/mol. The molecule has 2 aliphatic heterocycles. The van der Waals surface area contributed by atoms with E-state index < -0.39 is 12.1 Å². The summed E-state index contributed by atoms with van der Waals surface area (Å²) in [7, 11) is 1.31. The molecule has 7 nitrogen and oxygen atoms in total. The molecule has 0 aromatic heterocycles. The van der Waals surface area contributed by atoms with Crippen LogP contribution in [0.5, 0.6) is 5.75 Å². The van der Waals surface area contributed by atoms with Crippen LogP contribution < -0.4 is 9.64 Å². The van der Waals surface area contributed by atoms with Crippen molar-refractivity contribution in [2.45, 2.75) is 25.4 Å². The van der Waals surface area contributed by atoms with Crippen molar-refractivity contribution in [2.24, 2.45) is 0 Å². The number of likely N-dealkylation sites (tertiary alicyclic amines) is 1. The van der Waals surface area contributed by atoms with Crippen LogP contribution in [0.25, 0.3) is 0 Å². The molecule has 1 atom stereocenters. The van der Waals surface area contributed by atoms with Gasteiger partial charge in [-0.2, -0.15) is 0 Å². The Kier molecular flexibility index (Phi) is 5.70. The maximum Gasteiger partial charge on any atom is 0.337 e. The minimum absolute atomic E-state index is 0.0805. The summed E-state index contributed by atoms with van der Waals surface area (Å²) in [5.41, 5.74) is 1.42. The third kappa shape index (κ3) is 3.87. The Bertz CT molecular complexity index is 950. The van der Waals surface area contributed by atoms with E-state index in [0.717, 1.165) is 32.4 Å². The number of benzene rings is 2. The van der Waals surface area contributed by atoms with Crippen LogP contribution in [0.4, 0.5) is 5.69 Å². The van der Waals surface area contributed by atoms with Crippen LogP contribution in [-0.2, 0) is 9.53 Å². The molecule has 0 aliphatic carbocycles. The fourth-order valence-electron chi connectivity index (χ4n) is 3.90. The van der Waals surface area contributed by atoms with Crippen LogP contribution in [0.2, 0.25) is 0 Å². The minimum atomic E-state index is -0.740. The molecular formula is C23H24N2O5. The number of anilines is 1. The van der Waals surface area contributed by atoms with Gasteiger partial charge in [0.2, 0.25) is 0 Å². The first-order valence-corrected chi connectivity index (χ1v) is 10.1. The number of para-hydroxylation sites is 2. The van der Waals surface area contributed by atoms with Gasteiger partial charge in [-0.1, -0.05) is 12.1 Å². The molecule has 2 aliphatic rings. The van der Waals surface area contributed by atoms with Crippen LogP contribution in [0.15, 0.2) is 48.5 Å². The number of rotatable bonds is 3. The van der Waals surface area contributed by atoms with Gasteiger partial charge in [-0.3, -0.25) is 9.59 Å². The molecule has 1 fully saturated rings. The Morgan fingerprint density at radius 2 is 1.60 bits per heavy atom. The topological polar surface area (TPSA) is 76.2 Å². The Labute approximate surface area is 175 Å². The maximum atomic E-state index is 13.3. The van der Waals surface area contributed by atoms with Crippen molar-refractivity contribution in [1.29, 1.82) is 0 Å². The van der Waals surface area contributed by atoms with E-state index in [4.69, 9.17) is 9.47 Å². The van der Waals surface area contributed by atoms with Crippen molar-refractivity contribution in [1.82, 2.24) is 4.90 Å². The van der Waals surface area contributed by atoms with Crippen LogP contribution in [0.3, 0.4) is 0 Å². The van der Waals surface area contributed by atoms with Gasteiger partial charge < -0.3 is 19.3 Å². The lowest BCUT2D eigenvalue weighted by atomic mass is 10.1. The predicted octanol–water partition coefficient (Wildman–Crippen LogP) is 2.89. The van der Waals surface area contributed by atoms with Gasteiger partial charge in [0.1, 0.15) is 5.75 Å². The third-order valence-corrected chi connectivity index (χ3v) is 5.51. The number of carbonyl (C=O) groups excluding carboxylic acids is 3. The number of amides is 2. The second kappa shape index (κ2) is 8.57. The molecule has 7 heteroatoms. The van der Waals surface area contributed by atoms with Crippen LogP contribution in [0, 0.1) is 0 Å². The standard InChI is InChI=1S/C23H24N2O5/c1-29-23(28)17-11-9-16(10-12-17)21(26)25-15-20(22(27)24-13-5-2-6-14-24)30-19-8-4-3-7-18(19)25/h3-4,7-12,20H,2,5-6,13-15H2,1H3/t20-/m1/s1. The lowest BCUT2D eigenvalue weighted by molar-refractivity contribution is -0.139. The number of methoxy groups -OCH3 is 1. The number of piperidine rings is 1. The summed E-state index contributed by atoms with van der Waals surface area (Å²) in [5.74, 6) is -0.279. The molecule has 0 bridgehead atoms. The number of esters is 1. The smallest absolute Gasteiger partial charge is 0.337 e. The summed E-state index contributed by atoms with van der Waals surface area (Å²) < 4.78 is 10.7. The number of carbonyl (C=O) groups is 3. The van der Waals surface area contributed by atoms with Gasteiger partial charge in [0.25, 0.3) is 11.8 Å². The average Bonchev–Trinajstić information content (AvgIpc) is 2.82. The molecule has 0 N–H and O–H groups in total. The zero-order valence-electron chi connectivity index (χ0n) is 16.9. The lowest BCUT2D eigenvalue weighted by Gasteiger charge is -2.37. The van der Waals surface area contributed by atoms with Crippen LogP contribution in [-0.4, -0.2) is 55.5 Å². The van der Waals surface area contributed by atoms with Crippen molar-refractivity contribution in [3.8, 4) is 5.75 Å². The van der Waals surface area contributed by atoms with Crippen molar-refractivity contribution >= 4 is 23.5 Å². The Balaban J connectivity index is 1.60. The summed E-state index contributed by atoms with van der Waals surface area (Å²) in [6.07, 6.45) is 2.37. The van der Waals surface area contributed by atoms with E-state index in [0.29, 0.717) is 22.6 Å². The average molecular weight is 408 g/mol. The fourth-order valence-corrected chi connectivity index (χ4v) is 3.90. The van der Waals surface area contributed by atoms with E-state index in [1.165, 1.54) is 7.11 Å². The number of ether oxygens (including phenoxy) is 2. The van der Waals surface area contributed by atoms with E-state index in [1.54, 1.807) is 41.3 Å². The normalized spacial score (nSPS) is 18.2. The molecule has 0 unspecified atom stereocenters. The molecule has 2 amide bonds. The summed E-state index contributed by atoms with van der Waals surface area (Å²) in [6.45, 7) is 1.59. The molecule has 2 aromatic rings. The van der Waals surface area contributed by atoms with E-state index >= 15 is 0 Å².